The van der Waals surface area contributed by atoms with E-state index in [2.05, 4.69) is 4.90 Å². The number of para-hydroxylation sites is 1. The van der Waals surface area contributed by atoms with Crippen LogP contribution >= 0.6 is 11.6 Å². The molecule has 2 aliphatic heterocycles. The van der Waals surface area contributed by atoms with Crippen LogP contribution in [0.5, 0.6) is 0 Å². The van der Waals surface area contributed by atoms with E-state index in [1.54, 1.807) is 47.6 Å². The molecule has 0 saturated carbocycles. The van der Waals surface area contributed by atoms with E-state index in [0.717, 1.165) is 37.3 Å². The van der Waals surface area contributed by atoms with Crippen molar-refractivity contribution in [2.75, 3.05) is 19.6 Å². The lowest BCUT2D eigenvalue weighted by molar-refractivity contribution is 0.0644. The molecule has 0 radical (unpaired) electrons. The second-order valence-electron chi connectivity index (χ2n) is 8.86. The Bertz CT molecular complexity index is 1410. The van der Waals surface area contributed by atoms with Crippen LogP contribution in [0, 0.1) is 0 Å². The molecule has 0 unspecified atom stereocenters. The fourth-order valence-electron chi connectivity index (χ4n) is 5.25. The molecule has 2 aromatic heterocycles. The molecule has 2 aromatic carbocycles. The number of benzene rings is 2. The van der Waals surface area contributed by atoms with E-state index < -0.39 is 6.04 Å². The maximum absolute atomic E-state index is 13.8. The summed E-state index contributed by atoms with van der Waals surface area (Å²) in [4.78, 5) is 31.5. The highest BCUT2D eigenvalue weighted by Crippen LogP contribution is 2.40. The third-order valence-electron chi connectivity index (χ3n) is 6.88. The molecule has 7 heteroatoms. The molecule has 172 valence electrons. The Morgan fingerprint density at radius 1 is 0.971 bits per heavy atom. The van der Waals surface area contributed by atoms with Gasteiger partial charge in [0.05, 0.1) is 29.3 Å². The van der Waals surface area contributed by atoms with Gasteiger partial charge < -0.3 is 13.7 Å². The van der Waals surface area contributed by atoms with Crippen LogP contribution in [0.3, 0.4) is 0 Å². The van der Waals surface area contributed by atoms with Gasteiger partial charge in [-0.2, -0.15) is 0 Å². The van der Waals surface area contributed by atoms with Crippen LogP contribution in [0.1, 0.15) is 52.4 Å². The topological polar surface area (TPSA) is 66.9 Å². The second kappa shape index (κ2) is 8.46. The summed E-state index contributed by atoms with van der Waals surface area (Å²) in [5.74, 6) is 0.641. The maximum Gasteiger partial charge on any atom is 0.290 e. The van der Waals surface area contributed by atoms with Gasteiger partial charge in [-0.1, -0.05) is 35.9 Å². The first kappa shape index (κ1) is 21.2. The van der Waals surface area contributed by atoms with Gasteiger partial charge in [-0.15, -0.1) is 0 Å². The summed E-state index contributed by atoms with van der Waals surface area (Å²) in [6, 6.07) is 17.5. The molecule has 0 bridgehead atoms. The monoisotopic (exact) mass is 474 g/mol. The molecular weight excluding hydrogens is 452 g/mol. The second-order valence-corrected chi connectivity index (χ2v) is 9.29. The Labute approximate surface area is 201 Å². The Morgan fingerprint density at radius 2 is 1.74 bits per heavy atom. The molecule has 2 aliphatic rings. The van der Waals surface area contributed by atoms with E-state index in [1.807, 2.05) is 24.3 Å². The van der Waals surface area contributed by atoms with Gasteiger partial charge in [-0.05, 0) is 67.9 Å². The van der Waals surface area contributed by atoms with Gasteiger partial charge in [0.15, 0.2) is 5.43 Å². The number of likely N-dealkylation sites (tertiary alicyclic amines) is 1. The summed E-state index contributed by atoms with van der Waals surface area (Å²) >= 11 is 6.15. The summed E-state index contributed by atoms with van der Waals surface area (Å²) in [6.07, 6.45) is 3.88. The van der Waals surface area contributed by atoms with E-state index in [-0.39, 0.29) is 23.1 Å². The molecule has 1 amide bonds. The number of carbonyl (C=O) groups is 1. The normalized spacial score (nSPS) is 19.1. The Morgan fingerprint density at radius 3 is 2.47 bits per heavy atom. The zero-order valence-electron chi connectivity index (χ0n) is 18.4. The maximum atomic E-state index is 13.8. The SMILES string of the molecule is O=C1c2oc3ccccc3c(=O)c2[C@H](c2ccc(Cl)cc2)N1C[C@H](c1ccco1)N1CCCC1. The first-order valence-electron chi connectivity index (χ1n) is 11.5. The molecule has 1 saturated heterocycles. The Balaban J connectivity index is 1.50. The molecule has 2 atom stereocenters. The highest BCUT2D eigenvalue weighted by atomic mass is 35.5. The van der Waals surface area contributed by atoms with Crippen LogP contribution in [0.15, 0.2) is 80.6 Å². The van der Waals surface area contributed by atoms with E-state index in [1.165, 1.54) is 0 Å². The molecule has 4 aromatic rings. The number of hydrogen-bond acceptors (Lipinski definition) is 5. The zero-order chi connectivity index (χ0) is 23.2. The summed E-state index contributed by atoms with van der Waals surface area (Å²) < 4.78 is 11.8. The lowest BCUT2D eigenvalue weighted by atomic mass is 9.98. The number of amides is 1. The number of furan rings is 1. The smallest absolute Gasteiger partial charge is 0.290 e. The van der Waals surface area contributed by atoms with Crippen molar-refractivity contribution in [2.24, 2.45) is 0 Å². The summed E-state index contributed by atoms with van der Waals surface area (Å²) in [7, 11) is 0. The van der Waals surface area contributed by atoms with E-state index >= 15 is 0 Å². The van der Waals surface area contributed by atoms with Gasteiger partial charge >= 0.3 is 0 Å². The molecule has 0 aliphatic carbocycles. The molecule has 0 spiro atoms. The van der Waals surface area contributed by atoms with Crippen molar-refractivity contribution in [2.45, 2.75) is 24.9 Å². The molecule has 1 fully saturated rings. The van der Waals surface area contributed by atoms with Crippen molar-refractivity contribution >= 4 is 28.5 Å². The Kier molecular flexibility index (Phi) is 5.27. The lowest BCUT2D eigenvalue weighted by Gasteiger charge is -2.33. The molecule has 4 heterocycles. The standard InChI is InChI=1S/C27H23ClN2O4/c28-18-11-9-17(10-12-18)24-23-25(31)19-6-1-2-7-21(19)34-26(23)27(32)30(24)16-20(22-8-5-15-33-22)29-13-3-4-14-29/h1-2,5-12,15,20,24H,3-4,13-14,16H2/t20-,24+/m1/s1. The number of halogens is 1. The molecule has 6 nitrogen and oxygen atoms in total. The molecule has 0 N–H and O–H groups in total. The van der Waals surface area contributed by atoms with Crippen LogP contribution in [0.25, 0.3) is 11.0 Å². The fraction of sp³-hybridized carbons (Fsp3) is 0.259. The largest absolute Gasteiger partial charge is 0.468 e. The van der Waals surface area contributed by atoms with Gasteiger partial charge in [0.25, 0.3) is 5.91 Å². The molecular formula is C27H23ClN2O4. The number of fused-ring (bicyclic) bond motifs is 2. The first-order valence-corrected chi connectivity index (χ1v) is 11.9. The summed E-state index contributed by atoms with van der Waals surface area (Å²) in [6.45, 7) is 2.25. The average molecular weight is 475 g/mol. The minimum atomic E-state index is -0.569. The zero-order valence-corrected chi connectivity index (χ0v) is 19.2. The van der Waals surface area contributed by atoms with Gasteiger partial charge in [-0.25, -0.2) is 0 Å². The van der Waals surface area contributed by atoms with Gasteiger partial charge in [0, 0.05) is 11.6 Å². The number of hydrogen-bond donors (Lipinski definition) is 0. The Hall–Kier alpha value is -3.35. The average Bonchev–Trinajstić information content (AvgIpc) is 3.61. The minimum Gasteiger partial charge on any atom is -0.468 e. The summed E-state index contributed by atoms with van der Waals surface area (Å²) in [5, 5.41) is 1.06. The predicted molar refractivity (Wildman–Crippen MR) is 129 cm³/mol. The minimum absolute atomic E-state index is 0.114. The van der Waals surface area contributed by atoms with Gasteiger partial charge in [-0.3, -0.25) is 14.5 Å². The van der Waals surface area contributed by atoms with Crippen molar-refractivity contribution in [3.8, 4) is 0 Å². The van der Waals surface area contributed by atoms with Crippen LogP contribution < -0.4 is 5.43 Å². The van der Waals surface area contributed by atoms with E-state index in [0.29, 0.717) is 28.1 Å². The summed E-state index contributed by atoms with van der Waals surface area (Å²) in [5.41, 5.74) is 1.44. The van der Waals surface area contributed by atoms with Crippen molar-refractivity contribution in [3.05, 3.63) is 105 Å². The molecule has 34 heavy (non-hydrogen) atoms. The number of nitrogens with zero attached hydrogens (tertiary/aromatic N) is 2. The van der Waals surface area contributed by atoms with Crippen LogP contribution in [-0.4, -0.2) is 35.3 Å². The predicted octanol–water partition coefficient (Wildman–Crippen LogP) is 5.42. The van der Waals surface area contributed by atoms with E-state index in [4.69, 9.17) is 20.4 Å². The van der Waals surface area contributed by atoms with Crippen molar-refractivity contribution in [1.82, 2.24) is 9.80 Å². The quantitative estimate of drug-likeness (QED) is 0.386. The van der Waals surface area contributed by atoms with Gasteiger partial charge in [0.2, 0.25) is 5.76 Å². The van der Waals surface area contributed by atoms with Crippen LogP contribution in [0.4, 0.5) is 0 Å². The fourth-order valence-corrected chi connectivity index (χ4v) is 5.38. The van der Waals surface area contributed by atoms with Gasteiger partial charge in [0.1, 0.15) is 11.3 Å². The third kappa shape index (κ3) is 3.45. The van der Waals surface area contributed by atoms with E-state index in [9.17, 15) is 9.59 Å². The number of rotatable bonds is 5. The molecule has 6 rings (SSSR count). The number of carbonyl (C=O) groups excluding carboxylic acids is 1. The third-order valence-corrected chi connectivity index (χ3v) is 7.13. The highest BCUT2D eigenvalue weighted by Gasteiger charge is 2.44. The lowest BCUT2D eigenvalue weighted by Crippen LogP contribution is -2.39. The van der Waals surface area contributed by atoms with Crippen LogP contribution in [-0.2, 0) is 0 Å². The van der Waals surface area contributed by atoms with Crippen molar-refractivity contribution < 1.29 is 13.6 Å². The highest BCUT2D eigenvalue weighted by molar-refractivity contribution is 6.30. The first-order chi connectivity index (χ1) is 16.6. The van der Waals surface area contributed by atoms with Crippen molar-refractivity contribution in [1.29, 1.82) is 0 Å². The van der Waals surface area contributed by atoms with Crippen molar-refractivity contribution in [3.63, 3.8) is 0 Å². The van der Waals surface area contributed by atoms with Crippen LogP contribution in [0.2, 0.25) is 5.02 Å².